The van der Waals surface area contributed by atoms with Crippen molar-refractivity contribution in [2.24, 2.45) is 0 Å². The van der Waals surface area contributed by atoms with E-state index in [0.29, 0.717) is 0 Å². The number of carbonyl (C=O) groups is 2. The van der Waals surface area contributed by atoms with Crippen LogP contribution >= 0.6 is 11.6 Å². The van der Waals surface area contributed by atoms with Crippen molar-refractivity contribution in [1.29, 1.82) is 0 Å². The number of nitrogens with one attached hydrogen (secondary N) is 3. The first-order valence-corrected chi connectivity index (χ1v) is 10.5. The van der Waals surface area contributed by atoms with Gasteiger partial charge in [-0.2, -0.15) is 13.2 Å². The third kappa shape index (κ3) is 6.25. The van der Waals surface area contributed by atoms with Crippen LogP contribution in [0.4, 0.5) is 24.7 Å². The van der Waals surface area contributed by atoms with Crippen molar-refractivity contribution in [3.8, 4) is 0 Å². The Kier molecular flexibility index (Phi) is 7.92. The summed E-state index contributed by atoms with van der Waals surface area (Å²) in [5.41, 5.74) is -0.885. The van der Waals surface area contributed by atoms with Gasteiger partial charge in [-0.05, 0) is 31.5 Å². The highest BCUT2D eigenvalue weighted by Crippen LogP contribution is 2.33. The average molecular weight is 513 g/mol. The van der Waals surface area contributed by atoms with E-state index in [2.05, 4.69) is 31.1 Å². The number of anilines is 2. The molecule has 10 nitrogen and oxygen atoms in total. The standard InChI is InChI=1S/C21H20ClF3N6O4/c1-10-3-4-12(7-13(10)21(23,24)25)30-19(33)15-8-14(31-35-15)11(2)29-20(34)17-16(22)18(26-5-6-32)28-9-27-17/h3-4,7-9,11,32H,5-6H2,1-2H3,(H,29,34)(H,30,33)(H,26,27,28)/t11-/m0/s1. The highest BCUT2D eigenvalue weighted by atomic mass is 35.5. The topological polar surface area (TPSA) is 142 Å². The van der Waals surface area contributed by atoms with Crippen molar-refractivity contribution in [3.63, 3.8) is 0 Å². The highest BCUT2D eigenvalue weighted by molar-refractivity contribution is 6.35. The minimum atomic E-state index is -4.57. The lowest BCUT2D eigenvalue weighted by molar-refractivity contribution is -0.138. The predicted molar refractivity (Wildman–Crippen MR) is 119 cm³/mol. The lowest BCUT2D eigenvalue weighted by Gasteiger charge is -2.12. The van der Waals surface area contributed by atoms with Gasteiger partial charge in [0.25, 0.3) is 11.8 Å². The zero-order valence-electron chi connectivity index (χ0n) is 18.4. The van der Waals surface area contributed by atoms with Gasteiger partial charge >= 0.3 is 6.18 Å². The number of amides is 2. The molecule has 2 heterocycles. The molecule has 35 heavy (non-hydrogen) atoms. The van der Waals surface area contributed by atoms with Gasteiger partial charge in [0.05, 0.1) is 18.2 Å². The Morgan fingerprint density at radius 1 is 1.20 bits per heavy atom. The molecule has 14 heteroatoms. The summed E-state index contributed by atoms with van der Waals surface area (Å²) in [6.45, 7) is 2.87. The third-order valence-corrected chi connectivity index (χ3v) is 5.11. The zero-order chi connectivity index (χ0) is 25.8. The van der Waals surface area contributed by atoms with Crippen LogP contribution in [-0.4, -0.2) is 45.2 Å². The van der Waals surface area contributed by atoms with Crippen LogP contribution in [0.2, 0.25) is 5.02 Å². The molecule has 0 saturated carbocycles. The summed E-state index contributed by atoms with van der Waals surface area (Å²) in [4.78, 5) is 32.8. The number of aryl methyl sites for hydroxylation is 1. The molecule has 0 bridgehead atoms. The van der Waals surface area contributed by atoms with Crippen molar-refractivity contribution in [1.82, 2.24) is 20.4 Å². The van der Waals surface area contributed by atoms with E-state index in [1.807, 2.05) is 0 Å². The van der Waals surface area contributed by atoms with E-state index in [9.17, 15) is 22.8 Å². The molecule has 2 aromatic heterocycles. The second-order valence-electron chi connectivity index (χ2n) is 7.33. The maximum atomic E-state index is 13.1. The van der Waals surface area contributed by atoms with E-state index in [1.165, 1.54) is 25.1 Å². The SMILES string of the molecule is Cc1ccc(NC(=O)c2cc([C@H](C)NC(=O)c3ncnc(NCCO)c3Cl)no2)cc1C(F)(F)F. The second kappa shape index (κ2) is 10.7. The summed E-state index contributed by atoms with van der Waals surface area (Å²) >= 11 is 6.15. The Morgan fingerprint density at radius 3 is 2.63 bits per heavy atom. The Morgan fingerprint density at radius 2 is 1.94 bits per heavy atom. The van der Waals surface area contributed by atoms with Crippen LogP contribution in [0.3, 0.4) is 0 Å². The summed E-state index contributed by atoms with van der Waals surface area (Å²) in [6.07, 6.45) is -3.45. The predicted octanol–water partition coefficient (Wildman–Crippen LogP) is 3.59. The quantitative estimate of drug-likeness (QED) is 0.358. The molecule has 2 amide bonds. The molecule has 0 fully saturated rings. The van der Waals surface area contributed by atoms with E-state index < -0.39 is 29.6 Å². The second-order valence-corrected chi connectivity index (χ2v) is 7.71. The van der Waals surface area contributed by atoms with Crippen molar-refractivity contribution >= 4 is 34.9 Å². The molecule has 0 saturated heterocycles. The van der Waals surface area contributed by atoms with Crippen LogP contribution in [0, 0.1) is 6.92 Å². The highest BCUT2D eigenvalue weighted by Gasteiger charge is 2.32. The molecular weight excluding hydrogens is 493 g/mol. The molecule has 0 aliphatic carbocycles. The molecule has 0 aliphatic rings. The molecule has 1 aromatic carbocycles. The number of halogens is 4. The Labute approximate surface area is 201 Å². The Balaban J connectivity index is 1.69. The normalized spacial score (nSPS) is 12.2. The molecule has 1 atom stereocenters. The Hall–Kier alpha value is -3.71. The first-order chi connectivity index (χ1) is 16.5. The number of carbonyl (C=O) groups excluding carboxylic acids is 2. The van der Waals surface area contributed by atoms with Crippen molar-refractivity contribution in [2.45, 2.75) is 26.1 Å². The zero-order valence-corrected chi connectivity index (χ0v) is 19.2. The van der Waals surface area contributed by atoms with Gasteiger partial charge in [-0.3, -0.25) is 9.59 Å². The molecule has 186 valence electrons. The van der Waals surface area contributed by atoms with Crippen LogP contribution in [-0.2, 0) is 6.18 Å². The molecule has 4 N–H and O–H groups in total. The van der Waals surface area contributed by atoms with Crippen LogP contribution in [0.15, 0.2) is 35.1 Å². The summed E-state index contributed by atoms with van der Waals surface area (Å²) in [6, 6.07) is 3.89. The van der Waals surface area contributed by atoms with Crippen molar-refractivity contribution < 1.29 is 32.4 Å². The third-order valence-electron chi connectivity index (χ3n) is 4.75. The summed E-state index contributed by atoms with van der Waals surface area (Å²) < 4.78 is 44.3. The number of rotatable bonds is 8. The van der Waals surface area contributed by atoms with E-state index in [4.69, 9.17) is 21.2 Å². The number of alkyl halides is 3. The fourth-order valence-corrected chi connectivity index (χ4v) is 3.21. The number of nitrogens with zero attached hydrogens (tertiary/aromatic N) is 3. The van der Waals surface area contributed by atoms with Crippen molar-refractivity contribution in [2.75, 3.05) is 23.8 Å². The molecule has 0 unspecified atom stereocenters. The molecule has 0 aliphatic heterocycles. The molecule has 0 spiro atoms. The smallest absolute Gasteiger partial charge is 0.395 e. The maximum Gasteiger partial charge on any atom is 0.416 e. The van der Waals surface area contributed by atoms with Gasteiger partial charge in [0.15, 0.2) is 5.69 Å². The lowest BCUT2D eigenvalue weighted by Crippen LogP contribution is -2.28. The molecule has 0 radical (unpaired) electrons. The van der Waals surface area contributed by atoms with E-state index in [1.54, 1.807) is 6.92 Å². The molecule has 3 rings (SSSR count). The van der Waals surface area contributed by atoms with Gasteiger partial charge in [-0.15, -0.1) is 0 Å². The van der Waals surface area contributed by atoms with Crippen LogP contribution < -0.4 is 16.0 Å². The molecule has 3 aromatic rings. The van der Waals surface area contributed by atoms with Gasteiger partial charge in [-0.1, -0.05) is 22.8 Å². The van der Waals surface area contributed by atoms with Gasteiger partial charge in [0, 0.05) is 18.3 Å². The van der Waals surface area contributed by atoms with Crippen molar-refractivity contribution in [3.05, 3.63) is 63.9 Å². The number of aliphatic hydroxyl groups is 1. The monoisotopic (exact) mass is 512 g/mol. The van der Waals surface area contributed by atoms with E-state index in [-0.39, 0.29) is 52.4 Å². The van der Waals surface area contributed by atoms with Crippen LogP contribution in [0.5, 0.6) is 0 Å². The summed E-state index contributed by atoms with van der Waals surface area (Å²) in [7, 11) is 0. The van der Waals surface area contributed by atoms with E-state index >= 15 is 0 Å². The fourth-order valence-electron chi connectivity index (χ4n) is 2.96. The van der Waals surface area contributed by atoms with Gasteiger partial charge in [0.1, 0.15) is 22.9 Å². The first kappa shape index (κ1) is 25.9. The minimum absolute atomic E-state index is 0.0158. The first-order valence-electron chi connectivity index (χ1n) is 10.1. The number of hydrogen-bond acceptors (Lipinski definition) is 8. The summed E-state index contributed by atoms with van der Waals surface area (Å²) in [5, 5.41) is 20.3. The Bertz CT molecular complexity index is 1230. The largest absolute Gasteiger partial charge is 0.416 e. The van der Waals surface area contributed by atoms with Gasteiger partial charge in [0.2, 0.25) is 5.76 Å². The number of hydrogen-bond donors (Lipinski definition) is 4. The number of aliphatic hydroxyl groups excluding tert-OH is 1. The van der Waals surface area contributed by atoms with Crippen LogP contribution in [0.1, 0.15) is 50.8 Å². The summed E-state index contributed by atoms with van der Waals surface area (Å²) in [5.74, 6) is -1.59. The van der Waals surface area contributed by atoms with Crippen LogP contribution in [0.25, 0.3) is 0 Å². The lowest BCUT2D eigenvalue weighted by atomic mass is 10.1. The fraction of sp³-hybridized carbons (Fsp3) is 0.286. The minimum Gasteiger partial charge on any atom is -0.395 e. The average Bonchev–Trinajstić information content (AvgIpc) is 3.29. The van der Waals surface area contributed by atoms with Gasteiger partial charge in [-0.25, -0.2) is 9.97 Å². The van der Waals surface area contributed by atoms with E-state index in [0.717, 1.165) is 12.4 Å². The number of aromatic nitrogens is 3. The maximum absolute atomic E-state index is 13.1. The van der Waals surface area contributed by atoms with Gasteiger partial charge < -0.3 is 25.6 Å². The molecular formula is C21H20ClF3N6O4. The number of benzene rings is 1.